The van der Waals surface area contributed by atoms with Gasteiger partial charge in [-0.2, -0.15) is 0 Å². The molecule has 72 valence electrons. The van der Waals surface area contributed by atoms with Crippen LogP contribution in [0, 0.1) is 0 Å². The van der Waals surface area contributed by atoms with Gasteiger partial charge in [0.05, 0.1) is 0 Å². The van der Waals surface area contributed by atoms with Gasteiger partial charge in [-0.15, -0.1) is 0 Å². The van der Waals surface area contributed by atoms with Gasteiger partial charge < -0.3 is 10.6 Å². The lowest BCUT2D eigenvalue weighted by Crippen LogP contribution is -2.66. The molecule has 0 amide bonds. The van der Waals surface area contributed by atoms with Crippen molar-refractivity contribution in [3.63, 3.8) is 0 Å². The number of allylic oxidation sites excluding steroid dienone is 1. The highest BCUT2D eigenvalue weighted by Gasteiger charge is 2.42. The van der Waals surface area contributed by atoms with E-state index in [0.29, 0.717) is 11.6 Å². The fraction of sp³-hybridized carbons (Fsp3) is 0.818. The molecule has 1 atom stereocenters. The molecule has 0 radical (unpaired) electrons. The van der Waals surface area contributed by atoms with E-state index in [-0.39, 0.29) is 0 Å². The van der Waals surface area contributed by atoms with Gasteiger partial charge in [0.1, 0.15) is 0 Å². The lowest BCUT2D eigenvalue weighted by atomic mass is 9.74. The van der Waals surface area contributed by atoms with Gasteiger partial charge in [-0.25, -0.2) is 0 Å². The summed E-state index contributed by atoms with van der Waals surface area (Å²) in [5.41, 5.74) is 1.96. The van der Waals surface area contributed by atoms with Crippen molar-refractivity contribution < 1.29 is 0 Å². The smallest absolute Gasteiger partial charge is 0.0471 e. The van der Waals surface area contributed by atoms with Gasteiger partial charge >= 0.3 is 0 Å². The number of nitrogens with one attached hydrogen (secondary N) is 2. The van der Waals surface area contributed by atoms with Crippen LogP contribution >= 0.6 is 0 Å². The van der Waals surface area contributed by atoms with Gasteiger partial charge in [0.15, 0.2) is 0 Å². The standard InChI is InChI=1S/C11H18N2/c1-2-5-10-9(4-1)12-8-11(13-10)6-3-7-11/h4,10,12-13H,1-3,5-8H2/t10-/m0/s1. The molecule has 1 spiro atoms. The van der Waals surface area contributed by atoms with E-state index in [1.54, 1.807) is 0 Å². The molecule has 1 saturated carbocycles. The van der Waals surface area contributed by atoms with Crippen LogP contribution in [0.5, 0.6) is 0 Å². The molecule has 2 nitrogen and oxygen atoms in total. The highest BCUT2D eigenvalue weighted by Crippen LogP contribution is 2.36. The molecule has 0 aromatic carbocycles. The van der Waals surface area contributed by atoms with Crippen LogP contribution in [0.25, 0.3) is 0 Å². The topological polar surface area (TPSA) is 24.1 Å². The molecule has 1 heterocycles. The number of piperazine rings is 1. The van der Waals surface area contributed by atoms with Crippen molar-refractivity contribution in [1.82, 2.24) is 10.6 Å². The summed E-state index contributed by atoms with van der Waals surface area (Å²) in [6.45, 7) is 1.16. The third-order valence-electron chi connectivity index (χ3n) is 3.86. The molecular weight excluding hydrogens is 160 g/mol. The Kier molecular flexibility index (Phi) is 1.66. The van der Waals surface area contributed by atoms with Crippen LogP contribution in [0.3, 0.4) is 0 Å². The van der Waals surface area contributed by atoms with E-state index in [2.05, 4.69) is 16.7 Å². The van der Waals surface area contributed by atoms with Gasteiger partial charge in [0.2, 0.25) is 0 Å². The monoisotopic (exact) mass is 178 g/mol. The van der Waals surface area contributed by atoms with Crippen LogP contribution in [-0.2, 0) is 0 Å². The largest absolute Gasteiger partial charge is 0.385 e. The lowest BCUT2D eigenvalue weighted by Gasteiger charge is -2.50. The zero-order chi connectivity index (χ0) is 8.73. The van der Waals surface area contributed by atoms with Gasteiger partial charge in [-0.05, 0) is 38.5 Å². The maximum Gasteiger partial charge on any atom is 0.0471 e. The molecule has 0 aromatic heterocycles. The Bertz CT molecular complexity index is 240. The third-order valence-corrected chi connectivity index (χ3v) is 3.86. The normalized spacial score (nSPS) is 35.7. The highest BCUT2D eigenvalue weighted by molar-refractivity contribution is 5.20. The average Bonchev–Trinajstić information content (AvgIpc) is 2.15. The van der Waals surface area contributed by atoms with Crippen LogP contribution in [0.15, 0.2) is 11.8 Å². The van der Waals surface area contributed by atoms with Crippen molar-refractivity contribution in [2.75, 3.05) is 6.54 Å². The van der Waals surface area contributed by atoms with Gasteiger partial charge in [-0.1, -0.05) is 6.08 Å². The maximum atomic E-state index is 3.84. The molecule has 1 saturated heterocycles. The molecule has 3 rings (SSSR count). The first-order valence-corrected chi connectivity index (χ1v) is 5.60. The van der Waals surface area contributed by atoms with E-state index in [1.165, 1.54) is 44.2 Å². The van der Waals surface area contributed by atoms with Crippen LogP contribution in [-0.4, -0.2) is 18.1 Å². The Morgan fingerprint density at radius 1 is 1.31 bits per heavy atom. The molecule has 2 fully saturated rings. The molecule has 2 heteroatoms. The molecule has 3 aliphatic rings. The van der Waals surface area contributed by atoms with Crippen molar-refractivity contribution in [3.8, 4) is 0 Å². The molecule has 0 unspecified atom stereocenters. The maximum absolute atomic E-state index is 3.84. The minimum Gasteiger partial charge on any atom is -0.385 e. The van der Waals surface area contributed by atoms with Gasteiger partial charge in [-0.3, -0.25) is 0 Å². The Hall–Kier alpha value is -0.500. The summed E-state index contributed by atoms with van der Waals surface area (Å²) in [7, 11) is 0. The lowest BCUT2D eigenvalue weighted by molar-refractivity contribution is 0.139. The van der Waals surface area contributed by atoms with Crippen LogP contribution in [0.4, 0.5) is 0 Å². The summed E-state index contributed by atoms with van der Waals surface area (Å²) in [5, 5.41) is 7.45. The number of fused-ring (bicyclic) bond motifs is 1. The summed E-state index contributed by atoms with van der Waals surface area (Å²) < 4.78 is 0. The summed E-state index contributed by atoms with van der Waals surface area (Å²) in [6.07, 6.45) is 10.5. The summed E-state index contributed by atoms with van der Waals surface area (Å²) in [4.78, 5) is 0. The third kappa shape index (κ3) is 1.19. The van der Waals surface area contributed by atoms with Crippen molar-refractivity contribution in [3.05, 3.63) is 11.8 Å². The molecule has 2 aliphatic carbocycles. The van der Waals surface area contributed by atoms with E-state index in [9.17, 15) is 0 Å². The Morgan fingerprint density at radius 2 is 2.23 bits per heavy atom. The summed E-state index contributed by atoms with van der Waals surface area (Å²) >= 11 is 0. The second kappa shape index (κ2) is 2.74. The molecule has 0 aromatic rings. The highest BCUT2D eigenvalue weighted by atomic mass is 15.2. The fourth-order valence-corrected chi connectivity index (χ4v) is 2.84. The van der Waals surface area contributed by atoms with Crippen LogP contribution < -0.4 is 10.6 Å². The van der Waals surface area contributed by atoms with Gasteiger partial charge in [0, 0.05) is 23.8 Å². The zero-order valence-electron chi connectivity index (χ0n) is 8.10. The Labute approximate surface area is 79.8 Å². The minimum absolute atomic E-state index is 0.485. The van der Waals surface area contributed by atoms with Crippen molar-refractivity contribution in [1.29, 1.82) is 0 Å². The Morgan fingerprint density at radius 3 is 3.00 bits per heavy atom. The number of rotatable bonds is 0. The average molecular weight is 178 g/mol. The van der Waals surface area contributed by atoms with E-state index >= 15 is 0 Å². The first-order valence-electron chi connectivity index (χ1n) is 5.60. The zero-order valence-corrected chi connectivity index (χ0v) is 8.10. The number of hydrogen-bond acceptors (Lipinski definition) is 2. The van der Waals surface area contributed by atoms with Crippen molar-refractivity contribution in [2.45, 2.75) is 50.1 Å². The quantitative estimate of drug-likeness (QED) is 0.588. The first kappa shape index (κ1) is 7.86. The Balaban J connectivity index is 1.77. The minimum atomic E-state index is 0.485. The number of hydrogen-bond donors (Lipinski definition) is 2. The fourth-order valence-electron chi connectivity index (χ4n) is 2.84. The van der Waals surface area contributed by atoms with Crippen molar-refractivity contribution >= 4 is 0 Å². The molecule has 13 heavy (non-hydrogen) atoms. The van der Waals surface area contributed by atoms with Crippen LogP contribution in [0.2, 0.25) is 0 Å². The summed E-state index contributed by atoms with van der Waals surface area (Å²) in [6, 6.07) is 0.655. The molecule has 0 bridgehead atoms. The summed E-state index contributed by atoms with van der Waals surface area (Å²) in [5.74, 6) is 0. The van der Waals surface area contributed by atoms with Crippen molar-refractivity contribution in [2.24, 2.45) is 0 Å². The van der Waals surface area contributed by atoms with E-state index in [4.69, 9.17) is 0 Å². The first-order chi connectivity index (χ1) is 6.38. The van der Waals surface area contributed by atoms with E-state index in [0.717, 1.165) is 6.54 Å². The van der Waals surface area contributed by atoms with Crippen LogP contribution in [0.1, 0.15) is 38.5 Å². The van der Waals surface area contributed by atoms with Gasteiger partial charge in [0.25, 0.3) is 0 Å². The second-order valence-electron chi connectivity index (χ2n) is 4.77. The molecule has 2 N–H and O–H groups in total. The predicted octanol–water partition coefficient (Wildman–Crippen LogP) is 1.54. The molecular formula is C11H18N2. The van der Waals surface area contributed by atoms with E-state index < -0.39 is 0 Å². The second-order valence-corrected chi connectivity index (χ2v) is 4.77. The van der Waals surface area contributed by atoms with E-state index in [1.807, 2.05) is 0 Å². The molecule has 1 aliphatic heterocycles. The predicted molar refractivity (Wildman–Crippen MR) is 53.4 cm³/mol. The SMILES string of the molecule is C1=C2NCC3(CCC3)N[C@H]2CCC1.